The highest BCUT2D eigenvalue weighted by atomic mass is 16.5. The number of phenols is 1. The fourth-order valence-electron chi connectivity index (χ4n) is 4.74. The largest absolute Gasteiger partial charge is 0.507 e. The van der Waals surface area contributed by atoms with Crippen LogP contribution >= 0.6 is 0 Å². The molecular weight excluding hydrogens is 344 g/mol. The second kappa shape index (κ2) is 7.19. The number of carboxylic acid groups (broad SMARTS) is 1. The lowest BCUT2D eigenvalue weighted by atomic mass is 9.66. The molecule has 2 aliphatic rings. The molecule has 1 heterocycles. The molecule has 1 aliphatic carbocycles. The third kappa shape index (κ3) is 3.33. The highest BCUT2D eigenvalue weighted by Gasteiger charge is 2.54. The van der Waals surface area contributed by atoms with Crippen molar-refractivity contribution in [3.8, 4) is 11.5 Å². The van der Waals surface area contributed by atoms with E-state index in [0.717, 1.165) is 31.3 Å². The van der Waals surface area contributed by atoms with Crippen molar-refractivity contribution in [2.75, 3.05) is 0 Å². The van der Waals surface area contributed by atoms with Crippen molar-refractivity contribution in [1.29, 1.82) is 0 Å². The number of hydrogen-bond donors (Lipinski definition) is 3. The van der Waals surface area contributed by atoms with Gasteiger partial charge in [-0.1, -0.05) is 31.9 Å². The summed E-state index contributed by atoms with van der Waals surface area (Å²) in [4.78, 5) is 11.9. The summed E-state index contributed by atoms with van der Waals surface area (Å²) in [6, 6.07) is 1.76. The van der Waals surface area contributed by atoms with E-state index in [1.807, 2.05) is 6.92 Å². The Bertz CT molecular complexity index is 764. The molecule has 4 atom stereocenters. The van der Waals surface area contributed by atoms with E-state index in [4.69, 9.17) is 4.74 Å². The van der Waals surface area contributed by atoms with Crippen LogP contribution in [0.1, 0.15) is 80.3 Å². The maximum Gasteiger partial charge on any atom is 0.339 e. The second-order valence-electron chi connectivity index (χ2n) is 8.35. The first-order valence-electron chi connectivity index (χ1n) is 9.85. The molecule has 0 saturated heterocycles. The first-order chi connectivity index (χ1) is 12.7. The van der Waals surface area contributed by atoms with Gasteiger partial charge in [0.05, 0.1) is 5.60 Å². The maximum atomic E-state index is 11.9. The number of carboxylic acids is 1. The lowest BCUT2D eigenvalue weighted by molar-refractivity contribution is -0.0824. The predicted octanol–water partition coefficient (Wildman–Crippen LogP) is 4.40. The number of hydrogen-bond acceptors (Lipinski definition) is 4. The molecule has 0 amide bonds. The summed E-state index contributed by atoms with van der Waals surface area (Å²) in [5.41, 5.74) is 1.01. The van der Waals surface area contributed by atoms with E-state index in [-0.39, 0.29) is 23.1 Å². The Labute approximate surface area is 160 Å². The standard InChI is InChI=1S/C22H30O5/c1-5-6-7-8-13-11-15-18(19(23)16(13)21(24)25)17-14(12(2)3)9-10-22(4,26)20(17)27-15/h11,14,17,20,23,26H,2,5-10H2,1,3-4H3,(H,24,25)/t14-,17?,20?,22-/m0/s1. The van der Waals surface area contributed by atoms with Crippen LogP contribution in [0.4, 0.5) is 0 Å². The molecule has 148 valence electrons. The molecule has 5 heteroatoms. The van der Waals surface area contributed by atoms with Gasteiger partial charge < -0.3 is 20.1 Å². The fourth-order valence-corrected chi connectivity index (χ4v) is 4.74. The van der Waals surface area contributed by atoms with Gasteiger partial charge in [0.15, 0.2) is 0 Å². The minimum absolute atomic E-state index is 0.0280. The quantitative estimate of drug-likeness (QED) is 0.507. The minimum Gasteiger partial charge on any atom is -0.507 e. The molecule has 0 bridgehead atoms. The van der Waals surface area contributed by atoms with Gasteiger partial charge in [0, 0.05) is 11.5 Å². The van der Waals surface area contributed by atoms with Crippen LogP contribution in [-0.4, -0.2) is 33.0 Å². The molecule has 3 rings (SSSR count). The van der Waals surface area contributed by atoms with E-state index in [1.54, 1.807) is 13.0 Å². The number of aromatic carboxylic acids is 1. The fraction of sp³-hybridized carbons (Fsp3) is 0.591. The van der Waals surface area contributed by atoms with E-state index in [0.29, 0.717) is 29.7 Å². The van der Waals surface area contributed by atoms with Gasteiger partial charge in [-0.15, -0.1) is 0 Å². The van der Waals surface area contributed by atoms with Crippen molar-refractivity contribution in [3.63, 3.8) is 0 Å². The zero-order chi connectivity index (χ0) is 19.9. The highest BCUT2D eigenvalue weighted by Crippen LogP contribution is 2.57. The van der Waals surface area contributed by atoms with Crippen molar-refractivity contribution < 1.29 is 24.9 Å². The Morgan fingerprint density at radius 1 is 1.41 bits per heavy atom. The first-order valence-corrected chi connectivity index (χ1v) is 9.85. The van der Waals surface area contributed by atoms with E-state index in [9.17, 15) is 20.1 Å². The number of aryl methyl sites for hydroxylation is 1. The summed E-state index contributed by atoms with van der Waals surface area (Å²) in [5, 5.41) is 31.6. The number of benzene rings is 1. The maximum absolute atomic E-state index is 11.9. The number of rotatable bonds is 6. The Morgan fingerprint density at radius 3 is 2.70 bits per heavy atom. The molecule has 0 aromatic heterocycles. The monoisotopic (exact) mass is 374 g/mol. The highest BCUT2D eigenvalue weighted by molar-refractivity contribution is 5.94. The Hall–Kier alpha value is -2.01. The summed E-state index contributed by atoms with van der Waals surface area (Å²) in [7, 11) is 0. The molecule has 1 saturated carbocycles. The van der Waals surface area contributed by atoms with Crippen molar-refractivity contribution in [2.45, 2.75) is 76.9 Å². The Kier molecular flexibility index (Phi) is 5.26. The molecule has 1 aliphatic heterocycles. The van der Waals surface area contributed by atoms with Crippen LogP contribution in [0.15, 0.2) is 18.2 Å². The van der Waals surface area contributed by atoms with Gasteiger partial charge in [-0.2, -0.15) is 0 Å². The van der Waals surface area contributed by atoms with Gasteiger partial charge in [0.25, 0.3) is 0 Å². The molecule has 0 spiro atoms. The molecule has 1 aromatic carbocycles. The lowest BCUT2D eigenvalue weighted by Gasteiger charge is -2.42. The third-order valence-corrected chi connectivity index (χ3v) is 6.20. The number of aromatic hydroxyl groups is 1. The van der Waals surface area contributed by atoms with E-state index < -0.39 is 17.7 Å². The van der Waals surface area contributed by atoms with Gasteiger partial charge in [0.2, 0.25) is 0 Å². The average Bonchev–Trinajstić information content (AvgIpc) is 2.95. The van der Waals surface area contributed by atoms with Gasteiger partial charge in [0.1, 0.15) is 23.2 Å². The number of allylic oxidation sites excluding steroid dienone is 1. The first kappa shape index (κ1) is 19.7. The lowest BCUT2D eigenvalue weighted by Crippen LogP contribution is -2.50. The molecule has 3 N–H and O–H groups in total. The van der Waals surface area contributed by atoms with Crippen LogP contribution in [0.3, 0.4) is 0 Å². The topological polar surface area (TPSA) is 87.0 Å². The summed E-state index contributed by atoms with van der Waals surface area (Å²) < 4.78 is 6.13. The van der Waals surface area contributed by atoms with Crippen molar-refractivity contribution in [1.82, 2.24) is 0 Å². The van der Waals surface area contributed by atoms with Gasteiger partial charge >= 0.3 is 5.97 Å². The number of fused-ring (bicyclic) bond motifs is 3. The molecule has 1 aromatic rings. The van der Waals surface area contributed by atoms with E-state index >= 15 is 0 Å². The van der Waals surface area contributed by atoms with Crippen LogP contribution in [-0.2, 0) is 6.42 Å². The smallest absolute Gasteiger partial charge is 0.339 e. The normalized spacial score (nSPS) is 29.0. The minimum atomic E-state index is -1.13. The number of ether oxygens (including phenoxy) is 1. The van der Waals surface area contributed by atoms with Crippen molar-refractivity contribution >= 4 is 5.97 Å². The van der Waals surface area contributed by atoms with E-state index in [1.165, 1.54) is 0 Å². The summed E-state index contributed by atoms with van der Waals surface area (Å²) in [5.74, 6) is -1.07. The molecular formula is C22H30O5. The van der Waals surface area contributed by atoms with Crippen LogP contribution in [0.5, 0.6) is 11.5 Å². The zero-order valence-corrected chi connectivity index (χ0v) is 16.4. The van der Waals surface area contributed by atoms with Crippen molar-refractivity contribution in [3.05, 3.63) is 34.9 Å². The van der Waals surface area contributed by atoms with E-state index in [2.05, 4.69) is 13.5 Å². The Morgan fingerprint density at radius 2 is 2.11 bits per heavy atom. The number of aliphatic hydroxyl groups is 1. The van der Waals surface area contributed by atoms with Crippen LogP contribution < -0.4 is 4.74 Å². The summed E-state index contributed by atoms with van der Waals surface area (Å²) in [6.45, 7) is 9.86. The second-order valence-corrected chi connectivity index (χ2v) is 8.35. The van der Waals surface area contributed by atoms with Crippen LogP contribution in [0, 0.1) is 5.92 Å². The van der Waals surface area contributed by atoms with Crippen molar-refractivity contribution in [2.24, 2.45) is 5.92 Å². The van der Waals surface area contributed by atoms with Gasteiger partial charge in [-0.05, 0) is 57.1 Å². The number of carbonyl (C=O) groups is 1. The van der Waals surface area contributed by atoms with Gasteiger partial charge in [-0.25, -0.2) is 4.79 Å². The predicted molar refractivity (Wildman–Crippen MR) is 104 cm³/mol. The molecule has 0 radical (unpaired) electrons. The average molecular weight is 374 g/mol. The molecule has 2 unspecified atom stereocenters. The zero-order valence-electron chi connectivity index (χ0n) is 16.4. The molecule has 1 fully saturated rings. The SMILES string of the molecule is C=C(C)[C@@H]1CC[C@](C)(O)C2Oc3cc(CCCCC)c(C(=O)O)c(O)c3C21. The summed E-state index contributed by atoms with van der Waals surface area (Å²) in [6.07, 6.45) is 4.26. The third-order valence-electron chi connectivity index (χ3n) is 6.20. The Balaban J connectivity index is 2.12. The molecule has 5 nitrogen and oxygen atoms in total. The van der Waals surface area contributed by atoms with Crippen LogP contribution in [0.2, 0.25) is 0 Å². The van der Waals surface area contributed by atoms with Gasteiger partial charge in [-0.3, -0.25) is 0 Å². The molecule has 27 heavy (non-hydrogen) atoms. The summed E-state index contributed by atoms with van der Waals surface area (Å²) >= 11 is 0. The number of unbranched alkanes of at least 4 members (excludes halogenated alkanes) is 2. The van der Waals surface area contributed by atoms with Crippen LogP contribution in [0.25, 0.3) is 0 Å².